The van der Waals surface area contributed by atoms with Crippen LogP contribution < -0.4 is 0 Å². The number of benzene rings is 1. The lowest BCUT2D eigenvalue weighted by molar-refractivity contribution is -0.139. The van der Waals surface area contributed by atoms with Gasteiger partial charge in [-0.3, -0.25) is 4.79 Å². The number of fused-ring (bicyclic) bond motifs is 1. The molecule has 0 unspecified atom stereocenters. The first kappa shape index (κ1) is 9.73. The van der Waals surface area contributed by atoms with E-state index < -0.39 is 11.4 Å². The summed E-state index contributed by atoms with van der Waals surface area (Å²) in [6, 6.07) is 5.56. The Kier molecular flexibility index (Phi) is 1.83. The van der Waals surface area contributed by atoms with E-state index in [0.717, 1.165) is 16.5 Å². The van der Waals surface area contributed by atoms with Crippen LogP contribution in [-0.4, -0.2) is 16.1 Å². The molecule has 1 aliphatic carbocycles. The van der Waals surface area contributed by atoms with Crippen molar-refractivity contribution in [1.82, 2.24) is 4.98 Å². The number of aliphatic carboxylic acids is 1. The Morgan fingerprint density at radius 1 is 1.44 bits per heavy atom. The summed E-state index contributed by atoms with van der Waals surface area (Å²) in [5.41, 5.74) is 1.01. The fourth-order valence-corrected chi connectivity index (χ4v) is 2.47. The van der Waals surface area contributed by atoms with Crippen molar-refractivity contribution in [2.75, 3.05) is 0 Å². The molecule has 3 rings (SSSR count). The molecule has 1 aliphatic rings. The van der Waals surface area contributed by atoms with Crippen LogP contribution in [0.5, 0.6) is 0 Å². The number of carboxylic acids is 1. The average Bonchev–Trinajstić information content (AvgIpc) is 2.94. The molecule has 1 aromatic heterocycles. The summed E-state index contributed by atoms with van der Waals surface area (Å²) in [6.07, 6.45) is 3.20. The Morgan fingerprint density at radius 2 is 2.19 bits per heavy atom. The molecule has 3 nitrogen and oxygen atoms in total. The summed E-state index contributed by atoms with van der Waals surface area (Å²) >= 11 is 6.04. The summed E-state index contributed by atoms with van der Waals surface area (Å²) in [5, 5.41) is 10.8. The molecule has 2 N–H and O–H groups in total. The second-order valence-electron chi connectivity index (χ2n) is 4.25. The van der Waals surface area contributed by atoms with Gasteiger partial charge in [0.2, 0.25) is 0 Å². The van der Waals surface area contributed by atoms with Crippen LogP contribution in [0.3, 0.4) is 0 Å². The monoisotopic (exact) mass is 235 g/mol. The Hall–Kier alpha value is -1.48. The van der Waals surface area contributed by atoms with Crippen LogP contribution in [0.4, 0.5) is 0 Å². The zero-order chi connectivity index (χ0) is 11.3. The number of carbonyl (C=O) groups is 1. The minimum Gasteiger partial charge on any atom is -0.481 e. The Balaban J connectivity index is 2.26. The van der Waals surface area contributed by atoms with Crippen LogP contribution in [0.2, 0.25) is 5.02 Å². The third-order valence-corrected chi connectivity index (χ3v) is 3.65. The second-order valence-corrected chi connectivity index (χ2v) is 4.66. The van der Waals surface area contributed by atoms with E-state index in [1.807, 2.05) is 12.1 Å². The van der Waals surface area contributed by atoms with Gasteiger partial charge < -0.3 is 10.1 Å². The number of halogens is 1. The number of H-pyrrole nitrogens is 1. The fourth-order valence-electron chi connectivity index (χ4n) is 2.24. The molecule has 0 amide bonds. The van der Waals surface area contributed by atoms with E-state index in [1.54, 1.807) is 12.3 Å². The highest BCUT2D eigenvalue weighted by Crippen LogP contribution is 2.51. The molecule has 0 bridgehead atoms. The highest BCUT2D eigenvalue weighted by atomic mass is 35.5. The van der Waals surface area contributed by atoms with Crippen molar-refractivity contribution in [3.05, 3.63) is 35.0 Å². The summed E-state index contributed by atoms with van der Waals surface area (Å²) in [4.78, 5) is 14.3. The molecule has 1 aromatic carbocycles. The third-order valence-electron chi connectivity index (χ3n) is 3.34. The molecule has 0 aliphatic heterocycles. The first-order chi connectivity index (χ1) is 7.65. The van der Waals surface area contributed by atoms with Gasteiger partial charge in [0.1, 0.15) is 0 Å². The predicted octanol–water partition coefficient (Wildman–Crippen LogP) is 2.94. The maximum absolute atomic E-state index is 11.3. The molecular formula is C12H10ClNO2. The van der Waals surface area contributed by atoms with E-state index in [2.05, 4.69) is 4.98 Å². The maximum atomic E-state index is 11.3. The number of rotatable bonds is 2. The van der Waals surface area contributed by atoms with Crippen LogP contribution in [0.1, 0.15) is 18.4 Å². The molecular weight excluding hydrogens is 226 g/mol. The van der Waals surface area contributed by atoms with Gasteiger partial charge in [-0.2, -0.15) is 0 Å². The van der Waals surface area contributed by atoms with E-state index in [1.165, 1.54) is 0 Å². The third kappa shape index (κ3) is 1.12. The molecule has 0 radical (unpaired) electrons. The van der Waals surface area contributed by atoms with Crippen LogP contribution in [0.25, 0.3) is 10.9 Å². The SMILES string of the molecule is O=C(O)C1(c2c[nH]c3c(Cl)cccc23)CC1. The van der Waals surface area contributed by atoms with Crippen molar-refractivity contribution in [1.29, 1.82) is 0 Å². The Bertz CT molecular complexity index is 584. The first-order valence-electron chi connectivity index (χ1n) is 5.15. The number of carboxylic acid groups (broad SMARTS) is 1. The van der Waals surface area contributed by atoms with E-state index in [0.29, 0.717) is 17.9 Å². The van der Waals surface area contributed by atoms with E-state index >= 15 is 0 Å². The zero-order valence-electron chi connectivity index (χ0n) is 8.46. The predicted molar refractivity (Wildman–Crippen MR) is 61.9 cm³/mol. The number of aromatic nitrogens is 1. The second kappa shape index (κ2) is 3.01. The van der Waals surface area contributed by atoms with Crippen LogP contribution in [0.15, 0.2) is 24.4 Å². The lowest BCUT2D eigenvalue weighted by Gasteiger charge is -2.07. The van der Waals surface area contributed by atoms with Gasteiger partial charge in [0.25, 0.3) is 0 Å². The van der Waals surface area contributed by atoms with Crippen molar-refractivity contribution in [2.24, 2.45) is 0 Å². The molecule has 1 saturated carbocycles. The van der Waals surface area contributed by atoms with Crippen molar-refractivity contribution < 1.29 is 9.90 Å². The number of hydrogen-bond donors (Lipinski definition) is 2. The fraction of sp³-hybridized carbons (Fsp3) is 0.250. The normalized spacial score (nSPS) is 17.6. The van der Waals surface area contributed by atoms with Crippen LogP contribution >= 0.6 is 11.6 Å². The molecule has 1 fully saturated rings. The molecule has 0 spiro atoms. The van der Waals surface area contributed by atoms with Crippen LogP contribution in [-0.2, 0) is 10.2 Å². The standard InChI is InChI=1S/C12H10ClNO2/c13-9-3-1-2-7-8(6-14-10(7)9)12(4-5-12)11(15)16/h1-3,6,14H,4-5H2,(H,15,16). The molecule has 0 saturated heterocycles. The highest BCUT2D eigenvalue weighted by molar-refractivity contribution is 6.35. The first-order valence-corrected chi connectivity index (χ1v) is 5.52. The number of aromatic amines is 1. The van der Waals surface area contributed by atoms with Gasteiger partial charge in [0.05, 0.1) is 16.0 Å². The summed E-state index contributed by atoms with van der Waals surface area (Å²) in [6.45, 7) is 0. The lowest BCUT2D eigenvalue weighted by atomic mass is 9.96. The smallest absolute Gasteiger partial charge is 0.314 e. The molecule has 1 heterocycles. The maximum Gasteiger partial charge on any atom is 0.314 e. The quantitative estimate of drug-likeness (QED) is 0.841. The number of para-hydroxylation sites is 1. The minimum absolute atomic E-state index is 0.630. The van der Waals surface area contributed by atoms with Gasteiger partial charge in [0.15, 0.2) is 0 Å². The van der Waals surface area contributed by atoms with Gasteiger partial charge in [-0.1, -0.05) is 23.7 Å². The van der Waals surface area contributed by atoms with E-state index in [4.69, 9.17) is 11.6 Å². The molecule has 16 heavy (non-hydrogen) atoms. The minimum atomic E-state index is -0.742. The molecule has 0 atom stereocenters. The van der Waals surface area contributed by atoms with Crippen molar-refractivity contribution in [3.8, 4) is 0 Å². The van der Waals surface area contributed by atoms with Gasteiger partial charge in [-0.05, 0) is 24.5 Å². The largest absolute Gasteiger partial charge is 0.481 e. The van der Waals surface area contributed by atoms with Crippen molar-refractivity contribution >= 4 is 28.5 Å². The summed E-state index contributed by atoms with van der Waals surface area (Å²) in [5.74, 6) is -0.742. The Labute approximate surface area is 97.0 Å². The number of hydrogen-bond acceptors (Lipinski definition) is 1. The van der Waals surface area contributed by atoms with Gasteiger partial charge >= 0.3 is 5.97 Å². The topological polar surface area (TPSA) is 53.1 Å². The lowest BCUT2D eigenvalue weighted by Crippen LogP contribution is -2.18. The van der Waals surface area contributed by atoms with E-state index in [9.17, 15) is 9.90 Å². The van der Waals surface area contributed by atoms with Gasteiger partial charge in [-0.25, -0.2) is 0 Å². The van der Waals surface area contributed by atoms with Crippen molar-refractivity contribution in [2.45, 2.75) is 18.3 Å². The number of nitrogens with one attached hydrogen (secondary N) is 1. The summed E-state index contributed by atoms with van der Waals surface area (Å²) < 4.78 is 0. The van der Waals surface area contributed by atoms with Gasteiger partial charge in [0, 0.05) is 11.6 Å². The van der Waals surface area contributed by atoms with Crippen LogP contribution in [0, 0.1) is 0 Å². The molecule has 82 valence electrons. The molecule has 2 aromatic rings. The van der Waals surface area contributed by atoms with Gasteiger partial charge in [-0.15, -0.1) is 0 Å². The summed E-state index contributed by atoms with van der Waals surface area (Å²) in [7, 11) is 0. The van der Waals surface area contributed by atoms with Crippen molar-refractivity contribution in [3.63, 3.8) is 0 Å². The van der Waals surface area contributed by atoms with E-state index in [-0.39, 0.29) is 0 Å². The molecule has 4 heteroatoms. The Morgan fingerprint density at radius 3 is 2.81 bits per heavy atom. The zero-order valence-corrected chi connectivity index (χ0v) is 9.21. The highest BCUT2D eigenvalue weighted by Gasteiger charge is 2.52. The average molecular weight is 236 g/mol.